The summed E-state index contributed by atoms with van der Waals surface area (Å²) in [5.41, 5.74) is -0.570. The first-order valence-electron chi connectivity index (χ1n) is 4.47. The first-order chi connectivity index (χ1) is 5.02. The zero-order valence-electron chi connectivity index (χ0n) is 7.72. The van der Waals surface area contributed by atoms with E-state index in [-0.39, 0.29) is 6.04 Å². The third-order valence-electron chi connectivity index (χ3n) is 2.53. The van der Waals surface area contributed by atoms with Crippen molar-refractivity contribution in [3.8, 4) is 0 Å². The second-order valence-corrected chi connectivity index (χ2v) is 4.20. The number of piperidine rings is 1. The Morgan fingerprint density at radius 3 is 2.45 bits per heavy atom. The molecule has 1 aliphatic heterocycles. The summed E-state index contributed by atoms with van der Waals surface area (Å²) in [6.45, 7) is 7.02. The maximum absolute atomic E-state index is 9.75. The molecule has 1 aliphatic rings. The van der Waals surface area contributed by atoms with Crippen molar-refractivity contribution in [2.24, 2.45) is 5.92 Å². The van der Waals surface area contributed by atoms with Gasteiger partial charge in [-0.3, -0.25) is 0 Å². The molecule has 0 radical (unpaired) electrons. The van der Waals surface area contributed by atoms with Crippen molar-refractivity contribution >= 4 is 0 Å². The van der Waals surface area contributed by atoms with Gasteiger partial charge in [-0.1, -0.05) is 6.92 Å². The Morgan fingerprint density at radius 1 is 1.45 bits per heavy atom. The van der Waals surface area contributed by atoms with E-state index in [2.05, 4.69) is 12.2 Å². The lowest BCUT2D eigenvalue weighted by atomic mass is 9.83. The van der Waals surface area contributed by atoms with E-state index < -0.39 is 5.60 Å². The number of hydrogen-bond acceptors (Lipinski definition) is 2. The maximum Gasteiger partial charge on any atom is 0.0746 e. The highest BCUT2D eigenvalue weighted by atomic mass is 16.3. The summed E-state index contributed by atoms with van der Waals surface area (Å²) in [6.07, 6.45) is 2.48. The lowest BCUT2D eigenvalue weighted by Gasteiger charge is -2.38. The molecule has 0 spiro atoms. The summed E-state index contributed by atoms with van der Waals surface area (Å²) in [6, 6.07) is 0.274. The number of nitrogens with one attached hydrogen (secondary N) is 1. The third-order valence-corrected chi connectivity index (χ3v) is 2.53. The van der Waals surface area contributed by atoms with E-state index in [4.69, 9.17) is 0 Å². The van der Waals surface area contributed by atoms with Crippen LogP contribution in [0.25, 0.3) is 0 Å². The van der Waals surface area contributed by atoms with E-state index in [9.17, 15) is 5.11 Å². The van der Waals surface area contributed by atoms with E-state index in [1.54, 1.807) is 0 Å². The van der Waals surface area contributed by atoms with E-state index in [1.165, 1.54) is 12.8 Å². The average molecular weight is 157 g/mol. The second kappa shape index (κ2) is 3.11. The molecule has 2 N–H and O–H groups in total. The van der Waals surface area contributed by atoms with Crippen LogP contribution in [0.1, 0.15) is 33.6 Å². The number of aliphatic hydroxyl groups is 1. The Labute approximate surface area is 69.0 Å². The largest absolute Gasteiger partial charge is 0.389 e. The molecule has 2 unspecified atom stereocenters. The molecule has 0 saturated carbocycles. The summed E-state index contributed by atoms with van der Waals surface area (Å²) in [4.78, 5) is 0. The molecule has 66 valence electrons. The first-order valence-corrected chi connectivity index (χ1v) is 4.47. The van der Waals surface area contributed by atoms with Crippen molar-refractivity contribution in [3.05, 3.63) is 0 Å². The minimum absolute atomic E-state index is 0.274. The van der Waals surface area contributed by atoms with Crippen LogP contribution in [0.3, 0.4) is 0 Å². The lowest BCUT2D eigenvalue weighted by Crippen LogP contribution is -2.53. The van der Waals surface area contributed by atoms with Gasteiger partial charge in [0.25, 0.3) is 0 Å². The van der Waals surface area contributed by atoms with Crippen molar-refractivity contribution in [1.29, 1.82) is 0 Å². The van der Waals surface area contributed by atoms with Crippen LogP contribution < -0.4 is 5.32 Å². The predicted molar refractivity (Wildman–Crippen MR) is 46.5 cm³/mol. The topological polar surface area (TPSA) is 32.3 Å². The molecule has 0 aromatic heterocycles. The van der Waals surface area contributed by atoms with Gasteiger partial charge in [0.15, 0.2) is 0 Å². The fourth-order valence-electron chi connectivity index (χ4n) is 2.00. The van der Waals surface area contributed by atoms with Gasteiger partial charge < -0.3 is 10.4 Å². The number of rotatable bonds is 1. The fraction of sp³-hybridized carbons (Fsp3) is 1.00. The van der Waals surface area contributed by atoms with Crippen LogP contribution in [0.15, 0.2) is 0 Å². The molecule has 1 heterocycles. The van der Waals surface area contributed by atoms with E-state index in [1.807, 2.05) is 13.8 Å². The fourth-order valence-corrected chi connectivity index (χ4v) is 2.00. The molecule has 0 aromatic rings. The summed E-state index contributed by atoms with van der Waals surface area (Å²) >= 11 is 0. The highest BCUT2D eigenvalue weighted by Gasteiger charge is 2.32. The molecule has 0 aromatic carbocycles. The molecular weight excluding hydrogens is 138 g/mol. The van der Waals surface area contributed by atoms with Gasteiger partial charge in [0.2, 0.25) is 0 Å². The molecule has 2 heteroatoms. The molecule has 1 rings (SSSR count). The van der Waals surface area contributed by atoms with E-state index in [0.29, 0.717) is 5.92 Å². The van der Waals surface area contributed by atoms with Crippen molar-refractivity contribution in [1.82, 2.24) is 5.32 Å². The van der Waals surface area contributed by atoms with Gasteiger partial charge in [0, 0.05) is 6.04 Å². The summed E-state index contributed by atoms with van der Waals surface area (Å²) < 4.78 is 0. The molecule has 1 fully saturated rings. The predicted octanol–water partition coefficient (Wildman–Crippen LogP) is 1.15. The minimum Gasteiger partial charge on any atom is -0.389 e. The summed E-state index contributed by atoms with van der Waals surface area (Å²) in [5, 5.41) is 13.1. The zero-order chi connectivity index (χ0) is 8.48. The highest BCUT2D eigenvalue weighted by molar-refractivity contribution is 4.90. The molecule has 0 aliphatic carbocycles. The van der Waals surface area contributed by atoms with Crippen LogP contribution in [-0.4, -0.2) is 23.3 Å². The molecule has 2 nitrogen and oxygen atoms in total. The van der Waals surface area contributed by atoms with Gasteiger partial charge >= 0.3 is 0 Å². The van der Waals surface area contributed by atoms with Gasteiger partial charge in [0.1, 0.15) is 0 Å². The monoisotopic (exact) mass is 157 g/mol. The lowest BCUT2D eigenvalue weighted by molar-refractivity contribution is 0.00744. The molecule has 1 saturated heterocycles. The standard InChI is InChI=1S/C9H19NO/c1-7-5-4-6-10-8(7)9(2,3)11/h7-8,10-11H,4-6H2,1-3H3. The van der Waals surface area contributed by atoms with Crippen LogP contribution >= 0.6 is 0 Å². The quantitative estimate of drug-likeness (QED) is 0.598. The van der Waals surface area contributed by atoms with E-state index in [0.717, 1.165) is 6.54 Å². The van der Waals surface area contributed by atoms with Gasteiger partial charge in [-0.25, -0.2) is 0 Å². The van der Waals surface area contributed by atoms with Crippen LogP contribution in [-0.2, 0) is 0 Å². The number of hydrogen-bond donors (Lipinski definition) is 2. The Balaban J connectivity index is 2.55. The average Bonchev–Trinajstić information content (AvgIpc) is 1.86. The van der Waals surface area contributed by atoms with Crippen LogP contribution in [0.2, 0.25) is 0 Å². The Hall–Kier alpha value is -0.0800. The summed E-state index contributed by atoms with van der Waals surface area (Å²) in [5.74, 6) is 0.601. The van der Waals surface area contributed by atoms with Gasteiger partial charge in [0.05, 0.1) is 5.60 Å². The molecular formula is C9H19NO. The second-order valence-electron chi connectivity index (χ2n) is 4.20. The van der Waals surface area contributed by atoms with Crippen LogP contribution in [0, 0.1) is 5.92 Å². The first kappa shape index (κ1) is 9.01. The smallest absolute Gasteiger partial charge is 0.0746 e. The summed E-state index contributed by atoms with van der Waals surface area (Å²) in [7, 11) is 0. The van der Waals surface area contributed by atoms with Crippen molar-refractivity contribution in [3.63, 3.8) is 0 Å². The molecule has 2 atom stereocenters. The zero-order valence-corrected chi connectivity index (χ0v) is 7.72. The highest BCUT2D eigenvalue weighted by Crippen LogP contribution is 2.23. The Bertz CT molecular complexity index is 128. The SMILES string of the molecule is CC1CCCNC1C(C)(C)O. The molecule has 11 heavy (non-hydrogen) atoms. The van der Waals surface area contributed by atoms with Crippen LogP contribution in [0.5, 0.6) is 0 Å². The van der Waals surface area contributed by atoms with Crippen LogP contribution in [0.4, 0.5) is 0 Å². The van der Waals surface area contributed by atoms with Crippen molar-refractivity contribution in [2.75, 3.05) is 6.54 Å². The Morgan fingerprint density at radius 2 is 2.09 bits per heavy atom. The van der Waals surface area contributed by atoms with E-state index >= 15 is 0 Å². The van der Waals surface area contributed by atoms with Gasteiger partial charge in [-0.05, 0) is 39.2 Å². The Kier molecular flexibility index (Phi) is 2.55. The van der Waals surface area contributed by atoms with Crippen molar-refractivity contribution in [2.45, 2.75) is 45.3 Å². The minimum atomic E-state index is -0.570. The third kappa shape index (κ3) is 2.17. The molecule has 0 bridgehead atoms. The maximum atomic E-state index is 9.75. The van der Waals surface area contributed by atoms with Crippen molar-refractivity contribution < 1.29 is 5.11 Å². The van der Waals surface area contributed by atoms with Gasteiger partial charge in [-0.15, -0.1) is 0 Å². The van der Waals surface area contributed by atoms with Gasteiger partial charge in [-0.2, -0.15) is 0 Å². The molecule has 0 amide bonds. The normalized spacial score (nSPS) is 33.8.